The summed E-state index contributed by atoms with van der Waals surface area (Å²) in [5.74, 6) is 0. The minimum atomic E-state index is -4.42. The van der Waals surface area contributed by atoms with Crippen LogP contribution in [0.15, 0.2) is 17.0 Å². The van der Waals surface area contributed by atoms with Gasteiger partial charge >= 0.3 is 5.51 Å². The van der Waals surface area contributed by atoms with Gasteiger partial charge in [-0.05, 0) is 23.9 Å². The first-order valence-electron chi connectivity index (χ1n) is 5.00. The molecule has 0 spiro atoms. The number of alkyl halides is 3. The molecule has 1 atom stereocenters. The molecule has 0 aliphatic carbocycles. The van der Waals surface area contributed by atoms with Crippen LogP contribution in [0.2, 0.25) is 10.0 Å². The predicted molar refractivity (Wildman–Crippen MR) is 70.0 cm³/mol. The zero-order valence-corrected chi connectivity index (χ0v) is 11.7. The minimum absolute atomic E-state index is 0.00406. The number of rotatable bonds is 5. The highest BCUT2D eigenvalue weighted by Crippen LogP contribution is 2.41. The van der Waals surface area contributed by atoms with Crippen LogP contribution in [0.1, 0.15) is 0 Å². The lowest BCUT2D eigenvalue weighted by Gasteiger charge is -2.14. The van der Waals surface area contributed by atoms with Crippen molar-refractivity contribution in [1.82, 2.24) is 0 Å². The molecular weight excluding hydrogens is 326 g/mol. The van der Waals surface area contributed by atoms with E-state index in [-0.39, 0.29) is 38.9 Å². The van der Waals surface area contributed by atoms with Crippen LogP contribution in [0.5, 0.6) is 0 Å². The van der Waals surface area contributed by atoms with Gasteiger partial charge in [-0.1, -0.05) is 23.2 Å². The van der Waals surface area contributed by atoms with Gasteiger partial charge in [0.15, 0.2) is 0 Å². The normalized spacial score (nSPS) is 13.4. The van der Waals surface area contributed by atoms with Crippen LogP contribution in [0.4, 0.5) is 18.9 Å². The van der Waals surface area contributed by atoms with Crippen molar-refractivity contribution in [3.8, 4) is 0 Å². The van der Waals surface area contributed by atoms with Crippen molar-refractivity contribution in [1.29, 1.82) is 0 Å². The Bertz CT molecular complexity index is 422. The quantitative estimate of drug-likeness (QED) is 0.722. The van der Waals surface area contributed by atoms with Gasteiger partial charge in [0.2, 0.25) is 0 Å². The second-order valence-corrected chi connectivity index (χ2v) is 5.48. The lowest BCUT2D eigenvalue weighted by molar-refractivity contribution is -0.0328. The molecule has 0 aliphatic heterocycles. The Morgan fingerprint density at radius 1 is 1.26 bits per heavy atom. The third-order valence-electron chi connectivity index (χ3n) is 1.97. The van der Waals surface area contributed by atoms with E-state index < -0.39 is 18.2 Å². The Kier molecular flexibility index (Phi) is 6.07. The second-order valence-electron chi connectivity index (χ2n) is 3.53. The van der Waals surface area contributed by atoms with E-state index in [0.717, 1.165) is 12.1 Å². The second kappa shape index (κ2) is 6.90. The zero-order valence-electron chi connectivity index (χ0n) is 9.34. The maximum Gasteiger partial charge on any atom is 0.446 e. The summed E-state index contributed by atoms with van der Waals surface area (Å²) in [6.45, 7) is -0.480. The molecule has 1 rings (SSSR count). The number of nitrogens with one attached hydrogen (secondary N) is 1. The largest absolute Gasteiger partial charge is 0.446 e. The van der Waals surface area contributed by atoms with Gasteiger partial charge in [-0.15, -0.1) is 0 Å². The molecule has 0 heterocycles. The molecule has 19 heavy (non-hydrogen) atoms. The summed E-state index contributed by atoms with van der Waals surface area (Å²) < 4.78 is 36.6. The van der Waals surface area contributed by atoms with E-state index in [9.17, 15) is 13.2 Å². The monoisotopic (exact) mass is 335 g/mol. The predicted octanol–water partition coefficient (Wildman–Crippen LogP) is 3.37. The van der Waals surface area contributed by atoms with Crippen LogP contribution in [0.3, 0.4) is 0 Å². The lowest BCUT2D eigenvalue weighted by atomic mass is 10.3. The Labute approximate surface area is 121 Å². The Balaban J connectivity index is 2.85. The Morgan fingerprint density at radius 3 is 2.21 bits per heavy atom. The first kappa shape index (κ1) is 16.7. The van der Waals surface area contributed by atoms with Gasteiger partial charge in [-0.2, -0.15) is 13.2 Å². The highest BCUT2D eigenvalue weighted by molar-refractivity contribution is 8.00. The fourth-order valence-electron chi connectivity index (χ4n) is 1.20. The number of aliphatic hydroxyl groups excluding tert-OH is 2. The fraction of sp³-hybridized carbons (Fsp3) is 0.400. The molecule has 1 aromatic rings. The number of hydrogen-bond acceptors (Lipinski definition) is 4. The molecule has 0 amide bonds. The smallest absolute Gasteiger partial charge is 0.394 e. The van der Waals surface area contributed by atoms with Crippen molar-refractivity contribution in [3.05, 3.63) is 22.2 Å². The van der Waals surface area contributed by atoms with Crippen molar-refractivity contribution >= 4 is 40.7 Å². The standard InChI is InChI=1S/C10H10Cl2F3NO2S/c11-7-1-6(19-10(13,14)15)2-8(12)9(7)16-3-5(18)4-17/h1-2,5,16-18H,3-4H2. The first-order chi connectivity index (χ1) is 8.73. The highest BCUT2D eigenvalue weighted by Gasteiger charge is 2.29. The number of aliphatic hydroxyl groups is 2. The summed E-state index contributed by atoms with van der Waals surface area (Å²) in [6.07, 6.45) is -1.02. The van der Waals surface area contributed by atoms with Gasteiger partial charge in [0.05, 0.1) is 28.4 Å². The van der Waals surface area contributed by atoms with E-state index in [1.807, 2.05) is 0 Å². The Morgan fingerprint density at radius 2 is 1.79 bits per heavy atom. The van der Waals surface area contributed by atoms with Crippen molar-refractivity contribution in [2.24, 2.45) is 0 Å². The molecular formula is C10H10Cl2F3NO2S. The van der Waals surface area contributed by atoms with E-state index >= 15 is 0 Å². The van der Waals surface area contributed by atoms with Gasteiger partial charge in [0.1, 0.15) is 0 Å². The average molecular weight is 336 g/mol. The number of hydrogen-bond donors (Lipinski definition) is 3. The van der Waals surface area contributed by atoms with Crippen molar-refractivity contribution in [3.63, 3.8) is 0 Å². The first-order valence-corrected chi connectivity index (χ1v) is 6.57. The molecule has 0 aliphatic rings. The minimum Gasteiger partial charge on any atom is -0.394 e. The van der Waals surface area contributed by atoms with E-state index in [1.165, 1.54) is 0 Å². The van der Waals surface area contributed by atoms with Gasteiger partial charge < -0.3 is 15.5 Å². The molecule has 0 aromatic heterocycles. The SMILES string of the molecule is OCC(O)CNc1c(Cl)cc(SC(F)(F)F)cc1Cl. The summed E-state index contributed by atoms with van der Waals surface area (Å²) >= 11 is 11.3. The number of thioether (sulfide) groups is 1. The van der Waals surface area contributed by atoms with E-state index in [1.54, 1.807) is 0 Å². The molecule has 0 bridgehead atoms. The third-order valence-corrected chi connectivity index (χ3v) is 3.27. The van der Waals surface area contributed by atoms with E-state index in [2.05, 4.69) is 5.32 Å². The van der Waals surface area contributed by atoms with Crippen LogP contribution in [-0.4, -0.2) is 35.0 Å². The number of benzene rings is 1. The van der Waals surface area contributed by atoms with Crippen LogP contribution in [0.25, 0.3) is 0 Å². The molecule has 1 unspecified atom stereocenters. The average Bonchev–Trinajstić information content (AvgIpc) is 2.25. The third kappa shape index (κ3) is 5.66. The van der Waals surface area contributed by atoms with Gasteiger partial charge in [-0.3, -0.25) is 0 Å². The van der Waals surface area contributed by atoms with Crippen LogP contribution in [0, 0.1) is 0 Å². The maximum absolute atomic E-state index is 12.2. The topological polar surface area (TPSA) is 52.5 Å². The van der Waals surface area contributed by atoms with Crippen molar-refractivity contribution in [2.45, 2.75) is 16.5 Å². The van der Waals surface area contributed by atoms with E-state index in [0.29, 0.717) is 0 Å². The molecule has 108 valence electrons. The number of halogens is 5. The zero-order chi connectivity index (χ0) is 14.6. The van der Waals surface area contributed by atoms with Gasteiger partial charge in [0, 0.05) is 11.4 Å². The maximum atomic E-state index is 12.2. The highest BCUT2D eigenvalue weighted by atomic mass is 35.5. The van der Waals surface area contributed by atoms with Gasteiger partial charge in [0.25, 0.3) is 0 Å². The fourth-order valence-corrected chi connectivity index (χ4v) is 2.57. The molecule has 9 heteroatoms. The van der Waals surface area contributed by atoms with E-state index in [4.69, 9.17) is 33.4 Å². The van der Waals surface area contributed by atoms with Crippen molar-refractivity contribution < 1.29 is 23.4 Å². The molecule has 3 N–H and O–H groups in total. The number of anilines is 1. The Hall–Kier alpha value is -0.340. The molecule has 0 fully saturated rings. The summed E-state index contributed by atoms with van der Waals surface area (Å²) in [5, 5.41) is 20.5. The molecule has 1 aromatic carbocycles. The van der Waals surface area contributed by atoms with Gasteiger partial charge in [-0.25, -0.2) is 0 Å². The summed E-state index contributed by atoms with van der Waals surface area (Å²) in [4.78, 5) is -0.129. The van der Waals surface area contributed by atoms with Crippen LogP contribution >= 0.6 is 35.0 Å². The van der Waals surface area contributed by atoms with Crippen LogP contribution < -0.4 is 5.32 Å². The molecule has 3 nitrogen and oxygen atoms in total. The van der Waals surface area contributed by atoms with Crippen LogP contribution in [-0.2, 0) is 0 Å². The van der Waals surface area contributed by atoms with Crippen molar-refractivity contribution in [2.75, 3.05) is 18.5 Å². The summed E-state index contributed by atoms with van der Waals surface area (Å²) in [5.41, 5.74) is -4.21. The summed E-state index contributed by atoms with van der Waals surface area (Å²) in [7, 11) is 0. The lowest BCUT2D eigenvalue weighted by Crippen LogP contribution is -2.23. The molecule has 0 saturated heterocycles. The summed E-state index contributed by atoms with van der Waals surface area (Å²) in [6, 6.07) is 2.25. The molecule has 0 saturated carbocycles. The molecule has 0 radical (unpaired) electrons.